The van der Waals surface area contributed by atoms with Crippen molar-refractivity contribution in [3.05, 3.63) is 59.2 Å². The summed E-state index contributed by atoms with van der Waals surface area (Å²) in [6.45, 7) is 5.91. The fourth-order valence-corrected chi connectivity index (χ4v) is 3.17. The third kappa shape index (κ3) is 3.20. The maximum atomic E-state index is 12.3. The average molecular weight is 289 g/mol. The molecule has 0 aromatic heterocycles. The molecule has 0 saturated carbocycles. The summed E-state index contributed by atoms with van der Waals surface area (Å²) in [5, 5.41) is 0. The van der Waals surface area contributed by atoms with Gasteiger partial charge < -0.3 is 0 Å². The third-order valence-corrected chi connectivity index (χ3v) is 4.65. The molecule has 0 heterocycles. The Morgan fingerprint density at radius 1 is 1.00 bits per heavy atom. The molecule has 0 saturated heterocycles. The molecule has 0 fully saturated rings. The van der Waals surface area contributed by atoms with Crippen LogP contribution in [-0.4, -0.2) is 8.42 Å². The van der Waals surface area contributed by atoms with Gasteiger partial charge in [-0.2, -0.15) is 0 Å². The van der Waals surface area contributed by atoms with E-state index < -0.39 is 10.0 Å². The Kier molecular flexibility index (Phi) is 4.14. The van der Waals surface area contributed by atoms with E-state index in [0.29, 0.717) is 5.69 Å². The molecular weight excluding hydrogens is 270 g/mol. The minimum atomic E-state index is -3.52. The van der Waals surface area contributed by atoms with Crippen molar-refractivity contribution in [2.45, 2.75) is 32.1 Å². The second-order valence-electron chi connectivity index (χ2n) is 4.92. The number of hydrogen-bond acceptors (Lipinski definition) is 2. The summed E-state index contributed by atoms with van der Waals surface area (Å²) in [7, 11) is -3.52. The number of anilines is 1. The van der Waals surface area contributed by atoms with Crippen LogP contribution in [0.4, 0.5) is 5.69 Å². The summed E-state index contributed by atoms with van der Waals surface area (Å²) < 4.78 is 27.3. The number of benzene rings is 2. The van der Waals surface area contributed by atoms with E-state index in [1.54, 1.807) is 18.2 Å². The molecule has 0 aliphatic rings. The van der Waals surface area contributed by atoms with Crippen LogP contribution in [0.25, 0.3) is 0 Å². The van der Waals surface area contributed by atoms with Crippen molar-refractivity contribution in [3.63, 3.8) is 0 Å². The van der Waals surface area contributed by atoms with Crippen molar-refractivity contribution in [3.8, 4) is 0 Å². The Morgan fingerprint density at radius 2 is 1.65 bits per heavy atom. The molecular formula is C16H19NO2S. The van der Waals surface area contributed by atoms with Gasteiger partial charge in [0.15, 0.2) is 0 Å². The van der Waals surface area contributed by atoms with Crippen LogP contribution >= 0.6 is 0 Å². The van der Waals surface area contributed by atoms with Crippen molar-refractivity contribution in [2.24, 2.45) is 0 Å². The van der Waals surface area contributed by atoms with Crippen LogP contribution in [0.5, 0.6) is 0 Å². The lowest BCUT2D eigenvalue weighted by atomic mass is 10.1. The van der Waals surface area contributed by atoms with Gasteiger partial charge >= 0.3 is 0 Å². The molecule has 0 aliphatic carbocycles. The van der Waals surface area contributed by atoms with Crippen molar-refractivity contribution in [1.29, 1.82) is 0 Å². The van der Waals surface area contributed by atoms with Crippen LogP contribution in [0.15, 0.2) is 47.4 Å². The lowest BCUT2D eigenvalue weighted by Crippen LogP contribution is -2.13. The quantitative estimate of drug-likeness (QED) is 0.933. The van der Waals surface area contributed by atoms with Crippen LogP contribution in [0.1, 0.15) is 23.6 Å². The summed E-state index contributed by atoms with van der Waals surface area (Å²) in [6.07, 6.45) is 0.894. The van der Waals surface area contributed by atoms with Crippen LogP contribution in [-0.2, 0) is 16.4 Å². The van der Waals surface area contributed by atoms with E-state index in [0.717, 1.165) is 23.1 Å². The summed E-state index contributed by atoms with van der Waals surface area (Å²) in [5.74, 6) is 0. The number of sulfonamides is 1. The maximum Gasteiger partial charge on any atom is 0.261 e. The monoisotopic (exact) mass is 289 g/mol. The van der Waals surface area contributed by atoms with Gasteiger partial charge in [0.25, 0.3) is 10.0 Å². The standard InChI is InChI=1S/C16H19NO2S/c1-4-14-6-8-15(9-7-14)20(18,19)17-16-10-5-12(2)11-13(16)3/h5-11,17H,4H2,1-3H3. The molecule has 1 N–H and O–H groups in total. The maximum absolute atomic E-state index is 12.3. The summed E-state index contributed by atoms with van der Waals surface area (Å²) in [4.78, 5) is 0.287. The Morgan fingerprint density at radius 3 is 2.20 bits per heavy atom. The molecule has 4 heteroatoms. The zero-order valence-electron chi connectivity index (χ0n) is 12.0. The van der Waals surface area contributed by atoms with Gasteiger partial charge in [-0.25, -0.2) is 8.42 Å². The van der Waals surface area contributed by atoms with E-state index in [1.165, 1.54) is 0 Å². The van der Waals surface area contributed by atoms with Crippen molar-refractivity contribution >= 4 is 15.7 Å². The molecule has 2 aromatic carbocycles. The topological polar surface area (TPSA) is 46.2 Å². The van der Waals surface area contributed by atoms with Gasteiger partial charge in [0.1, 0.15) is 0 Å². The number of hydrogen-bond donors (Lipinski definition) is 1. The first-order chi connectivity index (χ1) is 9.42. The Hall–Kier alpha value is -1.81. The highest BCUT2D eigenvalue weighted by Crippen LogP contribution is 2.21. The lowest BCUT2D eigenvalue weighted by Gasteiger charge is -2.11. The SMILES string of the molecule is CCc1ccc(S(=O)(=O)Nc2ccc(C)cc2C)cc1. The Balaban J connectivity index is 2.30. The Labute approximate surface area is 120 Å². The first kappa shape index (κ1) is 14.6. The molecule has 0 aliphatic heterocycles. The second kappa shape index (κ2) is 5.67. The molecule has 106 valence electrons. The number of aryl methyl sites for hydroxylation is 3. The van der Waals surface area contributed by atoms with E-state index in [9.17, 15) is 8.42 Å². The third-order valence-electron chi connectivity index (χ3n) is 3.27. The average Bonchev–Trinajstić information content (AvgIpc) is 2.42. The first-order valence-electron chi connectivity index (χ1n) is 6.61. The molecule has 0 amide bonds. The van der Waals surface area contributed by atoms with E-state index in [4.69, 9.17) is 0 Å². The minimum absolute atomic E-state index is 0.287. The van der Waals surface area contributed by atoms with Gasteiger partial charge in [-0.15, -0.1) is 0 Å². The van der Waals surface area contributed by atoms with E-state index in [-0.39, 0.29) is 4.90 Å². The molecule has 0 spiro atoms. The van der Waals surface area contributed by atoms with E-state index in [2.05, 4.69) is 4.72 Å². The van der Waals surface area contributed by atoms with E-state index in [1.807, 2.05) is 45.0 Å². The van der Waals surface area contributed by atoms with Crippen molar-refractivity contribution < 1.29 is 8.42 Å². The number of nitrogens with one attached hydrogen (secondary N) is 1. The minimum Gasteiger partial charge on any atom is -0.279 e. The van der Waals surface area contributed by atoms with Crippen molar-refractivity contribution in [2.75, 3.05) is 4.72 Å². The van der Waals surface area contributed by atoms with Gasteiger partial charge in [0.05, 0.1) is 10.6 Å². The van der Waals surface area contributed by atoms with Crippen LogP contribution < -0.4 is 4.72 Å². The fraction of sp³-hybridized carbons (Fsp3) is 0.250. The molecule has 0 atom stereocenters. The molecule has 3 nitrogen and oxygen atoms in total. The summed E-state index contributed by atoms with van der Waals surface area (Å²) in [5.41, 5.74) is 3.77. The van der Waals surface area contributed by atoms with Gasteiger partial charge in [-0.05, 0) is 49.6 Å². The normalized spacial score (nSPS) is 11.3. The molecule has 0 unspecified atom stereocenters. The van der Waals surface area contributed by atoms with Gasteiger partial charge in [-0.1, -0.05) is 36.8 Å². The highest BCUT2D eigenvalue weighted by molar-refractivity contribution is 7.92. The van der Waals surface area contributed by atoms with Crippen molar-refractivity contribution in [1.82, 2.24) is 0 Å². The van der Waals surface area contributed by atoms with Gasteiger partial charge in [0, 0.05) is 0 Å². The predicted octanol–water partition coefficient (Wildman–Crippen LogP) is 3.67. The molecule has 20 heavy (non-hydrogen) atoms. The smallest absolute Gasteiger partial charge is 0.261 e. The Bertz CT molecular complexity index is 704. The summed E-state index contributed by atoms with van der Waals surface area (Å²) in [6, 6.07) is 12.6. The number of rotatable bonds is 4. The first-order valence-corrected chi connectivity index (χ1v) is 8.09. The van der Waals surface area contributed by atoms with Gasteiger partial charge in [-0.3, -0.25) is 4.72 Å². The lowest BCUT2D eigenvalue weighted by molar-refractivity contribution is 0.601. The zero-order chi connectivity index (χ0) is 14.8. The molecule has 0 bridgehead atoms. The predicted molar refractivity (Wildman–Crippen MR) is 82.5 cm³/mol. The van der Waals surface area contributed by atoms with E-state index >= 15 is 0 Å². The summed E-state index contributed by atoms with van der Waals surface area (Å²) >= 11 is 0. The second-order valence-corrected chi connectivity index (χ2v) is 6.60. The molecule has 2 rings (SSSR count). The highest BCUT2D eigenvalue weighted by atomic mass is 32.2. The molecule has 2 aromatic rings. The van der Waals surface area contributed by atoms with Crippen LogP contribution in [0, 0.1) is 13.8 Å². The highest BCUT2D eigenvalue weighted by Gasteiger charge is 2.14. The van der Waals surface area contributed by atoms with Crippen LogP contribution in [0.2, 0.25) is 0 Å². The zero-order valence-corrected chi connectivity index (χ0v) is 12.8. The van der Waals surface area contributed by atoms with Gasteiger partial charge in [0.2, 0.25) is 0 Å². The molecule has 0 radical (unpaired) electrons. The fourth-order valence-electron chi connectivity index (χ4n) is 2.04. The largest absolute Gasteiger partial charge is 0.279 e. The van der Waals surface area contributed by atoms with Crippen LogP contribution in [0.3, 0.4) is 0 Å².